The highest BCUT2D eigenvalue weighted by Crippen LogP contribution is 1.95. The molecule has 1 aromatic rings. The van der Waals surface area contributed by atoms with Gasteiger partial charge in [-0.15, -0.1) is 0 Å². The summed E-state index contributed by atoms with van der Waals surface area (Å²) in [7, 11) is 0. The minimum Gasteiger partial charge on any atom is -0.388 e. The molecule has 4 heteroatoms. The SMILES string of the molecule is CC(N)=NC(C)Cn1ccnc1. The highest BCUT2D eigenvalue weighted by atomic mass is 15.0. The number of aromatic nitrogens is 2. The maximum Gasteiger partial charge on any atom is 0.0946 e. The fraction of sp³-hybridized carbons (Fsp3) is 0.500. The van der Waals surface area contributed by atoms with Crippen LogP contribution in [0.1, 0.15) is 13.8 Å². The lowest BCUT2D eigenvalue weighted by atomic mass is 10.3. The first-order valence-electron chi connectivity index (χ1n) is 3.94. The zero-order valence-corrected chi connectivity index (χ0v) is 7.44. The Morgan fingerprint density at radius 1 is 1.75 bits per heavy atom. The fourth-order valence-corrected chi connectivity index (χ4v) is 1.09. The number of hydrogen-bond acceptors (Lipinski definition) is 2. The lowest BCUT2D eigenvalue weighted by Gasteiger charge is -2.06. The Morgan fingerprint density at radius 3 is 3.00 bits per heavy atom. The molecule has 0 spiro atoms. The predicted octanol–water partition coefficient (Wildman–Crippen LogP) is 0.649. The first-order valence-corrected chi connectivity index (χ1v) is 3.94. The summed E-state index contributed by atoms with van der Waals surface area (Å²) in [5.41, 5.74) is 5.45. The van der Waals surface area contributed by atoms with E-state index >= 15 is 0 Å². The molecular weight excluding hydrogens is 152 g/mol. The Labute approximate surface area is 72.1 Å². The van der Waals surface area contributed by atoms with Crippen LogP contribution in [0.3, 0.4) is 0 Å². The van der Waals surface area contributed by atoms with E-state index in [2.05, 4.69) is 9.98 Å². The second-order valence-electron chi connectivity index (χ2n) is 2.88. The van der Waals surface area contributed by atoms with Gasteiger partial charge in [0.1, 0.15) is 0 Å². The van der Waals surface area contributed by atoms with Crippen molar-refractivity contribution >= 4 is 5.84 Å². The van der Waals surface area contributed by atoms with Crippen LogP contribution in [0.2, 0.25) is 0 Å². The number of hydrogen-bond donors (Lipinski definition) is 1. The molecule has 1 rings (SSSR count). The third-order valence-electron chi connectivity index (χ3n) is 1.46. The van der Waals surface area contributed by atoms with Gasteiger partial charge in [0.15, 0.2) is 0 Å². The topological polar surface area (TPSA) is 56.2 Å². The zero-order valence-electron chi connectivity index (χ0n) is 7.44. The standard InChI is InChI=1S/C8H14N4/c1-7(11-8(2)9)5-12-4-3-10-6-12/h3-4,6-7H,5H2,1-2H3,(H2,9,11). The first kappa shape index (κ1) is 8.77. The molecule has 1 unspecified atom stereocenters. The average Bonchev–Trinajstić information content (AvgIpc) is 2.37. The van der Waals surface area contributed by atoms with Crippen LogP contribution in [-0.4, -0.2) is 21.4 Å². The molecule has 1 aromatic heterocycles. The molecule has 4 nitrogen and oxygen atoms in total. The van der Waals surface area contributed by atoms with E-state index < -0.39 is 0 Å². The van der Waals surface area contributed by atoms with Gasteiger partial charge in [-0.3, -0.25) is 4.99 Å². The lowest BCUT2D eigenvalue weighted by Crippen LogP contribution is -2.15. The Morgan fingerprint density at radius 2 is 2.50 bits per heavy atom. The maximum absolute atomic E-state index is 5.45. The number of nitrogens with two attached hydrogens (primary N) is 1. The third kappa shape index (κ3) is 2.74. The number of aliphatic imine (C=N–C) groups is 1. The van der Waals surface area contributed by atoms with Gasteiger partial charge in [0.2, 0.25) is 0 Å². The molecule has 1 atom stereocenters. The molecule has 2 N–H and O–H groups in total. The van der Waals surface area contributed by atoms with Crippen molar-refractivity contribution < 1.29 is 0 Å². The van der Waals surface area contributed by atoms with Crippen LogP contribution in [0.4, 0.5) is 0 Å². The van der Waals surface area contributed by atoms with Crippen LogP contribution < -0.4 is 5.73 Å². The van der Waals surface area contributed by atoms with Crippen molar-refractivity contribution in [3.63, 3.8) is 0 Å². The van der Waals surface area contributed by atoms with E-state index in [1.165, 1.54) is 0 Å². The van der Waals surface area contributed by atoms with Gasteiger partial charge in [-0.05, 0) is 13.8 Å². The quantitative estimate of drug-likeness (QED) is 0.529. The highest BCUT2D eigenvalue weighted by Gasteiger charge is 1.98. The zero-order chi connectivity index (χ0) is 8.97. The van der Waals surface area contributed by atoms with Gasteiger partial charge in [0.05, 0.1) is 18.2 Å². The molecule has 0 amide bonds. The van der Waals surface area contributed by atoms with E-state index in [9.17, 15) is 0 Å². The van der Waals surface area contributed by atoms with Crippen LogP contribution in [0.5, 0.6) is 0 Å². The molecule has 0 saturated heterocycles. The van der Waals surface area contributed by atoms with Crippen molar-refractivity contribution in [2.75, 3.05) is 0 Å². The maximum atomic E-state index is 5.45. The van der Waals surface area contributed by atoms with Crippen molar-refractivity contribution in [2.24, 2.45) is 10.7 Å². The van der Waals surface area contributed by atoms with Gasteiger partial charge in [-0.25, -0.2) is 4.98 Å². The molecule has 0 aromatic carbocycles. The Kier molecular flexibility index (Phi) is 2.85. The molecule has 0 fully saturated rings. The van der Waals surface area contributed by atoms with Gasteiger partial charge in [0, 0.05) is 18.9 Å². The van der Waals surface area contributed by atoms with Crippen molar-refractivity contribution in [2.45, 2.75) is 26.4 Å². The fourth-order valence-electron chi connectivity index (χ4n) is 1.09. The monoisotopic (exact) mass is 166 g/mol. The molecule has 0 bridgehead atoms. The molecule has 12 heavy (non-hydrogen) atoms. The molecule has 66 valence electrons. The third-order valence-corrected chi connectivity index (χ3v) is 1.46. The summed E-state index contributed by atoms with van der Waals surface area (Å²) in [6.45, 7) is 4.65. The average molecular weight is 166 g/mol. The lowest BCUT2D eigenvalue weighted by molar-refractivity contribution is 0.591. The molecule has 1 heterocycles. The van der Waals surface area contributed by atoms with Crippen molar-refractivity contribution in [3.05, 3.63) is 18.7 Å². The van der Waals surface area contributed by atoms with Crippen molar-refractivity contribution in [3.8, 4) is 0 Å². The highest BCUT2D eigenvalue weighted by molar-refractivity contribution is 5.77. The molecular formula is C8H14N4. The summed E-state index contributed by atoms with van der Waals surface area (Å²) in [5, 5.41) is 0. The first-order chi connectivity index (χ1) is 5.68. The van der Waals surface area contributed by atoms with Gasteiger partial charge < -0.3 is 10.3 Å². The predicted molar refractivity (Wildman–Crippen MR) is 49.0 cm³/mol. The minimum atomic E-state index is 0.212. The number of nitrogens with zero attached hydrogens (tertiary/aromatic N) is 3. The van der Waals surface area contributed by atoms with Crippen molar-refractivity contribution in [1.82, 2.24) is 9.55 Å². The van der Waals surface area contributed by atoms with Crippen LogP contribution >= 0.6 is 0 Å². The van der Waals surface area contributed by atoms with Crippen LogP contribution in [0.15, 0.2) is 23.7 Å². The molecule has 0 aliphatic carbocycles. The van der Waals surface area contributed by atoms with Gasteiger partial charge >= 0.3 is 0 Å². The van der Waals surface area contributed by atoms with Gasteiger partial charge in [-0.2, -0.15) is 0 Å². The summed E-state index contributed by atoms with van der Waals surface area (Å²) in [5.74, 6) is 0.627. The summed E-state index contributed by atoms with van der Waals surface area (Å²) in [6.07, 6.45) is 5.45. The van der Waals surface area contributed by atoms with Crippen LogP contribution in [0.25, 0.3) is 0 Å². The van der Waals surface area contributed by atoms with E-state index in [-0.39, 0.29) is 6.04 Å². The van der Waals surface area contributed by atoms with E-state index in [4.69, 9.17) is 5.73 Å². The Hall–Kier alpha value is -1.32. The number of amidine groups is 1. The molecule has 0 radical (unpaired) electrons. The van der Waals surface area contributed by atoms with E-state index in [1.54, 1.807) is 19.4 Å². The normalized spacial score (nSPS) is 14.7. The Bertz CT molecular complexity index is 246. The number of rotatable bonds is 3. The smallest absolute Gasteiger partial charge is 0.0946 e. The van der Waals surface area contributed by atoms with Crippen molar-refractivity contribution in [1.29, 1.82) is 0 Å². The van der Waals surface area contributed by atoms with Crippen LogP contribution in [-0.2, 0) is 6.54 Å². The van der Waals surface area contributed by atoms with Crippen LogP contribution in [0, 0.1) is 0 Å². The molecule has 0 aliphatic rings. The Balaban J connectivity index is 2.47. The summed E-state index contributed by atoms with van der Waals surface area (Å²) in [4.78, 5) is 8.14. The van der Waals surface area contributed by atoms with E-state index in [0.717, 1.165) is 6.54 Å². The second kappa shape index (κ2) is 3.90. The summed E-state index contributed by atoms with van der Waals surface area (Å²) in [6, 6.07) is 0.212. The second-order valence-corrected chi connectivity index (χ2v) is 2.88. The largest absolute Gasteiger partial charge is 0.388 e. The van der Waals surface area contributed by atoms with E-state index in [0.29, 0.717) is 5.84 Å². The van der Waals surface area contributed by atoms with Gasteiger partial charge in [0.25, 0.3) is 0 Å². The molecule has 0 saturated carbocycles. The number of imidazole rings is 1. The summed E-state index contributed by atoms with van der Waals surface area (Å²) >= 11 is 0. The van der Waals surface area contributed by atoms with Gasteiger partial charge in [-0.1, -0.05) is 0 Å². The molecule has 0 aliphatic heterocycles. The minimum absolute atomic E-state index is 0.212. The summed E-state index contributed by atoms with van der Waals surface area (Å²) < 4.78 is 1.98. The van der Waals surface area contributed by atoms with E-state index in [1.807, 2.05) is 17.7 Å².